The maximum absolute atomic E-state index is 13.2. The van der Waals surface area contributed by atoms with E-state index < -0.39 is 0 Å². The van der Waals surface area contributed by atoms with Gasteiger partial charge in [-0.3, -0.25) is 0 Å². The number of aryl methyl sites for hydroxylation is 2. The topological polar surface area (TPSA) is 77.8 Å². The van der Waals surface area contributed by atoms with Crippen LogP contribution >= 0.6 is 0 Å². The molecule has 0 aliphatic heterocycles. The Labute approximate surface area is 180 Å². The summed E-state index contributed by atoms with van der Waals surface area (Å²) in [6, 6.07) is 12.1. The molecule has 0 radical (unpaired) electrons. The number of pyridine rings is 1. The van der Waals surface area contributed by atoms with Crippen molar-refractivity contribution in [2.45, 2.75) is 26.8 Å². The maximum atomic E-state index is 13.2. The molecule has 0 saturated carbocycles. The first-order valence-electron chi connectivity index (χ1n) is 9.87. The van der Waals surface area contributed by atoms with E-state index in [2.05, 4.69) is 25.5 Å². The summed E-state index contributed by atoms with van der Waals surface area (Å²) in [5.74, 6) is 0.882. The zero-order valence-electron chi connectivity index (χ0n) is 17.8. The Balaban J connectivity index is 1.58. The lowest BCUT2D eigenvalue weighted by Crippen LogP contribution is -2.10. The van der Waals surface area contributed by atoms with Crippen LogP contribution in [0, 0.1) is 19.7 Å². The van der Waals surface area contributed by atoms with Crippen LogP contribution in [0.15, 0.2) is 55.0 Å². The highest BCUT2D eigenvalue weighted by atomic mass is 19.1. The number of ether oxygens (including phenoxy) is 1. The van der Waals surface area contributed by atoms with Crippen molar-refractivity contribution in [2.75, 3.05) is 12.4 Å². The van der Waals surface area contributed by atoms with Crippen LogP contribution in [0.4, 0.5) is 10.2 Å². The molecule has 0 amide bonds. The molecule has 3 heterocycles. The number of anilines is 1. The Morgan fingerprint density at radius 2 is 1.81 bits per heavy atom. The highest BCUT2D eigenvalue weighted by molar-refractivity contribution is 5.61. The Morgan fingerprint density at radius 1 is 1.03 bits per heavy atom. The van der Waals surface area contributed by atoms with Gasteiger partial charge in [0.15, 0.2) is 5.82 Å². The third-order valence-corrected chi connectivity index (χ3v) is 4.99. The minimum atomic E-state index is -0.256. The summed E-state index contributed by atoms with van der Waals surface area (Å²) in [6.45, 7) is 5.87. The van der Waals surface area contributed by atoms with Gasteiger partial charge in [0.25, 0.3) is 0 Å². The molecular weight excluding hydrogens is 395 g/mol. The third-order valence-electron chi connectivity index (χ3n) is 4.99. The molecular formula is C23H23FN6O. The van der Waals surface area contributed by atoms with Gasteiger partial charge in [-0.05, 0) is 62.2 Å². The van der Waals surface area contributed by atoms with E-state index in [0.717, 1.165) is 22.5 Å². The third kappa shape index (κ3) is 4.37. The predicted molar refractivity (Wildman–Crippen MR) is 117 cm³/mol. The number of halogens is 1. The number of benzene rings is 1. The smallest absolute Gasteiger partial charge is 0.238 e. The average molecular weight is 418 g/mol. The second-order valence-electron chi connectivity index (χ2n) is 7.33. The van der Waals surface area contributed by atoms with Crippen molar-refractivity contribution in [3.8, 4) is 23.0 Å². The van der Waals surface area contributed by atoms with E-state index in [0.29, 0.717) is 23.1 Å². The molecule has 0 bridgehead atoms. The molecule has 0 spiro atoms. The van der Waals surface area contributed by atoms with Crippen molar-refractivity contribution in [1.82, 2.24) is 24.7 Å². The Bertz CT molecular complexity index is 1210. The number of aromatic nitrogens is 5. The number of nitrogens with zero attached hydrogens (tertiary/aromatic N) is 5. The minimum Gasteiger partial charge on any atom is -0.479 e. The minimum absolute atomic E-state index is 0.0458. The van der Waals surface area contributed by atoms with Crippen molar-refractivity contribution < 1.29 is 9.13 Å². The van der Waals surface area contributed by atoms with Crippen molar-refractivity contribution >= 4 is 5.82 Å². The van der Waals surface area contributed by atoms with E-state index in [9.17, 15) is 4.39 Å². The molecule has 1 aromatic carbocycles. The SMILES string of the molecule is COc1nc(-c2cc(C)c(NC(C)c3ccc(F)cc3)nn2)ccc1-n1cnc(C)c1. The number of rotatable bonds is 6. The van der Waals surface area contributed by atoms with Gasteiger partial charge in [-0.15, -0.1) is 10.2 Å². The summed E-state index contributed by atoms with van der Waals surface area (Å²) < 4.78 is 20.5. The second-order valence-corrected chi connectivity index (χ2v) is 7.33. The highest BCUT2D eigenvalue weighted by Gasteiger charge is 2.14. The summed E-state index contributed by atoms with van der Waals surface area (Å²) >= 11 is 0. The Hall–Kier alpha value is -3.81. The first kappa shape index (κ1) is 20.5. The standard InChI is InChI=1S/C23H23FN6O/c1-14-11-20(28-29-22(14)26-16(3)17-5-7-18(24)8-6-17)19-9-10-21(23(27-19)31-4)30-12-15(2)25-13-30/h5-13,16H,1-4H3,(H,26,29). The fraction of sp³-hybridized carbons (Fsp3) is 0.217. The summed E-state index contributed by atoms with van der Waals surface area (Å²) in [4.78, 5) is 8.86. The van der Waals surface area contributed by atoms with E-state index in [1.807, 2.05) is 49.7 Å². The molecule has 7 nitrogen and oxygen atoms in total. The zero-order valence-corrected chi connectivity index (χ0v) is 17.8. The monoisotopic (exact) mass is 418 g/mol. The highest BCUT2D eigenvalue weighted by Crippen LogP contribution is 2.27. The Kier molecular flexibility index (Phi) is 5.62. The van der Waals surface area contributed by atoms with Crippen LogP contribution in [0.2, 0.25) is 0 Å². The average Bonchev–Trinajstić information content (AvgIpc) is 3.21. The number of nitrogens with one attached hydrogen (secondary N) is 1. The van der Waals surface area contributed by atoms with Crippen molar-refractivity contribution in [2.24, 2.45) is 0 Å². The lowest BCUT2D eigenvalue weighted by Gasteiger charge is -2.16. The predicted octanol–water partition coefficient (Wildman–Crippen LogP) is 4.66. The van der Waals surface area contributed by atoms with Crippen LogP contribution in [0.3, 0.4) is 0 Å². The number of imidazole rings is 1. The molecule has 1 unspecified atom stereocenters. The largest absolute Gasteiger partial charge is 0.479 e. The van der Waals surface area contributed by atoms with Crippen LogP contribution < -0.4 is 10.1 Å². The first-order valence-corrected chi connectivity index (χ1v) is 9.87. The molecule has 4 rings (SSSR count). The molecule has 0 aliphatic carbocycles. The van der Waals surface area contributed by atoms with Crippen molar-refractivity contribution in [3.63, 3.8) is 0 Å². The van der Waals surface area contributed by atoms with Crippen molar-refractivity contribution in [1.29, 1.82) is 0 Å². The Morgan fingerprint density at radius 3 is 2.45 bits per heavy atom. The number of methoxy groups -OCH3 is 1. The van der Waals surface area contributed by atoms with Crippen LogP contribution in [0.25, 0.3) is 17.1 Å². The van der Waals surface area contributed by atoms with E-state index in [-0.39, 0.29) is 11.9 Å². The lowest BCUT2D eigenvalue weighted by atomic mass is 10.1. The molecule has 1 N–H and O–H groups in total. The molecule has 0 fully saturated rings. The molecule has 8 heteroatoms. The van der Waals surface area contributed by atoms with Gasteiger partial charge >= 0.3 is 0 Å². The van der Waals surface area contributed by atoms with Gasteiger partial charge in [-0.1, -0.05) is 12.1 Å². The van der Waals surface area contributed by atoms with E-state index in [1.54, 1.807) is 25.6 Å². The van der Waals surface area contributed by atoms with Crippen molar-refractivity contribution in [3.05, 3.63) is 77.6 Å². The number of hydrogen-bond donors (Lipinski definition) is 1. The van der Waals surface area contributed by atoms with Crippen LogP contribution in [0.1, 0.15) is 29.8 Å². The van der Waals surface area contributed by atoms with E-state index in [4.69, 9.17) is 4.74 Å². The maximum Gasteiger partial charge on any atom is 0.238 e. The summed E-state index contributed by atoms with van der Waals surface area (Å²) in [5, 5.41) is 12.0. The van der Waals surface area contributed by atoms with E-state index >= 15 is 0 Å². The number of hydrogen-bond acceptors (Lipinski definition) is 6. The normalized spacial score (nSPS) is 11.9. The van der Waals surface area contributed by atoms with Gasteiger partial charge in [0, 0.05) is 6.20 Å². The van der Waals surface area contributed by atoms with Crippen LogP contribution in [0.5, 0.6) is 5.88 Å². The second kappa shape index (κ2) is 8.51. The van der Waals surface area contributed by atoms with Gasteiger partial charge in [0.1, 0.15) is 17.2 Å². The summed E-state index contributed by atoms with van der Waals surface area (Å²) in [6.07, 6.45) is 3.63. The molecule has 1 atom stereocenters. The molecule has 0 saturated heterocycles. The van der Waals surface area contributed by atoms with Gasteiger partial charge < -0.3 is 14.6 Å². The zero-order chi connectivity index (χ0) is 22.0. The molecule has 0 aliphatic rings. The lowest BCUT2D eigenvalue weighted by molar-refractivity contribution is 0.396. The fourth-order valence-corrected chi connectivity index (χ4v) is 3.27. The summed E-state index contributed by atoms with van der Waals surface area (Å²) in [5.41, 5.74) is 4.89. The van der Waals surface area contributed by atoms with Gasteiger partial charge in [-0.25, -0.2) is 14.4 Å². The van der Waals surface area contributed by atoms with Crippen LogP contribution in [-0.2, 0) is 0 Å². The molecule has 4 aromatic rings. The van der Waals surface area contributed by atoms with E-state index in [1.165, 1.54) is 12.1 Å². The fourth-order valence-electron chi connectivity index (χ4n) is 3.27. The molecule has 31 heavy (non-hydrogen) atoms. The first-order chi connectivity index (χ1) is 14.9. The van der Waals surface area contributed by atoms with Gasteiger partial charge in [-0.2, -0.15) is 0 Å². The van der Waals surface area contributed by atoms with Gasteiger partial charge in [0.05, 0.1) is 30.9 Å². The molecule has 158 valence electrons. The molecule has 3 aromatic heterocycles. The summed E-state index contributed by atoms with van der Waals surface area (Å²) in [7, 11) is 1.58. The van der Waals surface area contributed by atoms with Gasteiger partial charge in [0.2, 0.25) is 5.88 Å². The quantitative estimate of drug-likeness (QED) is 0.491. The van der Waals surface area contributed by atoms with Crippen LogP contribution in [-0.4, -0.2) is 31.8 Å².